The molecule has 3 heteroatoms. The zero-order chi connectivity index (χ0) is 5.28. The van der Waals surface area contributed by atoms with Gasteiger partial charge in [-0.3, -0.25) is 0 Å². The van der Waals surface area contributed by atoms with Gasteiger partial charge in [0.15, 0.2) is 0 Å². The minimum atomic E-state index is 0.351. The Kier molecular flexibility index (Phi) is 1.09. The summed E-state index contributed by atoms with van der Waals surface area (Å²) in [6.45, 7) is 0. The third-order valence-corrected chi connectivity index (χ3v) is 2.28. The second kappa shape index (κ2) is 1.60. The molecule has 0 fully saturated rings. The molecule has 7 heavy (non-hydrogen) atoms. The Morgan fingerprint density at radius 1 is 1.43 bits per heavy atom. The number of hydrogen-bond acceptors (Lipinski definition) is 2. The number of rotatable bonds is 0. The van der Waals surface area contributed by atoms with Crippen molar-refractivity contribution in [2.75, 3.05) is 11.5 Å². The van der Waals surface area contributed by atoms with E-state index in [1.165, 1.54) is 0 Å². The van der Waals surface area contributed by atoms with Crippen LogP contribution in [0.25, 0.3) is 0 Å². The molecule has 0 spiro atoms. The maximum absolute atomic E-state index is 5.38. The number of nitrogen functional groups attached to an aromatic ring is 2. The van der Waals surface area contributed by atoms with E-state index < -0.39 is 0 Å². The summed E-state index contributed by atoms with van der Waals surface area (Å²) in [6.07, 6.45) is 0. The fraction of sp³-hybridized carbons (Fsp3) is 0. The second-order valence-corrected chi connectivity index (χ2v) is 3.26. The zero-order valence-electron chi connectivity index (χ0n) is 3.72. The van der Waals surface area contributed by atoms with Crippen molar-refractivity contribution < 1.29 is 0 Å². The van der Waals surface area contributed by atoms with Crippen LogP contribution in [0.4, 0.5) is 10.2 Å². The predicted octanol–water partition coefficient (Wildman–Crippen LogP) is -0.0920. The molecular weight excluding hydrogens is 155 g/mol. The van der Waals surface area contributed by atoms with E-state index in [2.05, 4.69) is 0 Å². The SMILES string of the molecule is Nc1c[se]c(N)c1. The van der Waals surface area contributed by atoms with Gasteiger partial charge in [-0.15, -0.1) is 0 Å². The van der Waals surface area contributed by atoms with Crippen LogP contribution >= 0.6 is 0 Å². The molecule has 4 N–H and O–H groups in total. The van der Waals surface area contributed by atoms with Crippen LogP contribution in [-0.2, 0) is 0 Å². The Bertz CT molecular complexity index is 142. The van der Waals surface area contributed by atoms with E-state index in [4.69, 9.17) is 11.5 Å². The maximum atomic E-state index is 5.38. The summed E-state index contributed by atoms with van der Waals surface area (Å²) in [6, 6.07) is 1.81. The van der Waals surface area contributed by atoms with E-state index in [1.54, 1.807) is 6.07 Å². The molecule has 0 amide bonds. The quantitative estimate of drug-likeness (QED) is 0.522. The second-order valence-electron chi connectivity index (χ2n) is 1.28. The summed E-state index contributed by atoms with van der Waals surface area (Å²) < 4.78 is 0.921. The van der Waals surface area contributed by atoms with Crippen molar-refractivity contribution in [3.63, 3.8) is 0 Å². The third kappa shape index (κ3) is 0.981. The number of anilines is 2. The van der Waals surface area contributed by atoms with Gasteiger partial charge >= 0.3 is 47.2 Å². The molecule has 1 aromatic heterocycles. The van der Waals surface area contributed by atoms with Gasteiger partial charge in [0.2, 0.25) is 0 Å². The van der Waals surface area contributed by atoms with Crippen LogP contribution in [0.5, 0.6) is 0 Å². The first-order valence-corrected chi connectivity index (χ1v) is 3.73. The molecule has 2 nitrogen and oxygen atoms in total. The van der Waals surface area contributed by atoms with Gasteiger partial charge in [-0.2, -0.15) is 0 Å². The number of nitrogens with two attached hydrogens (primary N) is 2. The predicted molar refractivity (Wildman–Crippen MR) is 32.2 cm³/mol. The summed E-state index contributed by atoms with van der Waals surface area (Å²) in [5, 5.41) is 0. The fourth-order valence-corrected chi connectivity index (χ4v) is 1.51. The van der Waals surface area contributed by atoms with Gasteiger partial charge in [-0.05, 0) is 0 Å². The molecule has 0 aliphatic carbocycles. The summed E-state index contributed by atoms with van der Waals surface area (Å²) in [7, 11) is 0. The molecule has 1 aromatic rings. The molecular formula is C4H6N2Se. The van der Waals surface area contributed by atoms with Gasteiger partial charge in [0.25, 0.3) is 0 Å². The van der Waals surface area contributed by atoms with E-state index in [9.17, 15) is 0 Å². The average Bonchev–Trinajstić information content (AvgIpc) is 1.87. The fourth-order valence-electron chi connectivity index (χ4n) is 0.368. The van der Waals surface area contributed by atoms with Crippen LogP contribution in [0.3, 0.4) is 0 Å². The Labute approximate surface area is 47.9 Å². The van der Waals surface area contributed by atoms with Crippen molar-refractivity contribution >= 4 is 24.8 Å². The van der Waals surface area contributed by atoms with Gasteiger partial charge in [0.1, 0.15) is 0 Å². The molecule has 0 aliphatic heterocycles. The Morgan fingerprint density at radius 2 is 2.14 bits per heavy atom. The molecule has 0 radical (unpaired) electrons. The Morgan fingerprint density at radius 3 is 2.29 bits per heavy atom. The molecule has 1 heterocycles. The van der Waals surface area contributed by atoms with Gasteiger partial charge in [0, 0.05) is 0 Å². The van der Waals surface area contributed by atoms with E-state index in [1.807, 2.05) is 4.94 Å². The monoisotopic (exact) mass is 162 g/mol. The third-order valence-electron chi connectivity index (χ3n) is 0.640. The zero-order valence-corrected chi connectivity index (χ0v) is 5.43. The van der Waals surface area contributed by atoms with E-state index >= 15 is 0 Å². The number of hydrogen-bond donors (Lipinski definition) is 2. The van der Waals surface area contributed by atoms with Crippen molar-refractivity contribution in [3.8, 4) is 0 Å². The van der Waals surface area contributed by atoms with Crippen molar-refractivity contribution in [1.29, 1.82) is 0 Å². The van der Waals surface area contributed by atoms with E-state index in [0.29, 0.717) is 14.5 Å². The van der Waals surface area contributed by atoms with Crippen molar-refractivity contribution in [2.45, 2.75) is 0 Å². The van der Waals surface area contributed by atoms with Crippen LogP contribution in [0.1, 0.15) is 0 Å². The van der Waals surface area contributed by atoms with Crippen LogP contribution in [-0.4, -0.2) is 14.5 Å². The first kappa shape index (κ1) is 4.75. The molecule has 38 valence electrons. The van der Waals surface area contributed by atoms with Crippen LogP contribution < -0.4 is 11.5 Å². The average molecular weight is 161 g/mol. The van der Waals surface area contributed by atoms with Gasteiger partial charge in [0.05, 0.1) is 0 Å². The standard InChI is InChI=1S/C4H6N2Se/c5-3-1-4(6)7-2-3/h1-2H,5-6H2. The summed E-state index contributed by atoms with van der Waals surface area (Å²) in [5.41, 5.74) is 11.5. The molecule has 0 aromatic carbocycles. The van der Waals surface area contributed by atoms with Crippen LogP contribution in [0.15, 0.2) is 11.0 Å². The van der Waals surface area contributed by atoms with Crippen molar-refractivity contribution in [1.82, 2.24) is 0 Å². The normalized spacial score (nSPS) is 9.14. The summed E-state index contributed by atoms with van der Waals surface area (Å²) >= 11 is 0.351. The van der Waals surface area contributed by atoms with Gasteiger partial charge in [-0.1, -0.05) is 0 Å². The Hall–Kier alpha value is -0.401. The topological polar surface area (TPSA) is 52.0 Å². The molecule has 0 unspecified atom stereocenters. The van der Waals surface area contributed by atoms with E-state index in [-0.39, 0.29) is 0 Å². The molecule has 0 bridgehead atoms. The molecule has 0 aliphatic rings. The first-order chi connectivity index (χ1) is 3.29. The first-order valence-electron chi connectivity index (χ1n) is 1.88. The van der Waals surface area contributed by atoms with Crippen molar-refractivity contribution in [3.05, 3.63) is 11.0 Å². The Balaban J connectivity index is 3.04. The van der Waals surface area contributed by atoms with Crippen LogP contribution in [0, 0.1) is 0 Å². The molecule has 0 saturated carbocycles. The molecule has 1 rings (SSSR count). The minimum absolute atomic E-state index is 0.351. The summed E-state index contributed by atoms with van der Waals surface area (Å²) in [4.78, 5) is 1.96. The molecule has 0 atom stereocenters. The van der Waals surface area contributed by atoms with Crippen LogP contribution in [0.2, 0.25) is 0 Å². The van der Waals surface area contributed by atoms with Gasteiger partial charge < -0.3 is 0 Å². The van der Waals surface area contributed by atoms with E-state index in [0.717, 1.165) is 10.2 Å². The summed E-state index contributed by atoms with van der Waals surface area (Å²) in [5.74, 6) is 0. The van der Waals surface area contributed by atoms with Crippen molar-refractivity contribution in [2.24, 2.45) is 0 Å². The molecule has 0 saturated heterocycles. The van der Waals surface area contributed by atoms with Gasteiger partial charge in [-0.25, -0.2) is 0 Å².